The number of piperidine rings is 1. The van der Waals surface area contributed by atoms with Crippen LogP contribution in [-0.2, 0) is 23.9 Å². The lowest BCUT2D eigenvalue weighted by Gasteiger charge is -2.37. The van der Waals surface area contributed by atoms with Gasteiger partial charge in [0, 0.05) is 25.3 Å². The number of para-hydroxylation sites is 1. The maximum atomic E-state index is 13.0. The van der Waals surface area contributed by atoms with E-state index in [0.717, 1.165) is 12.8 Å². The van der Waals surface area contributed by atoms with Gasteiger partial charge < -0.3 is 20.3 Å². The third kappa shape index (κ3) is 6.27. The lowest BCUT2D eigenvalue weighted by Crippen LogP contribution is -2.60. The smallest absolute Gasteiger partial charge is 0.310 e. The van der Waals surface area contributed by atoms with Crippen molar-refractivity contribution in [2.45, 2.75) is 32.2 Å². The Morgan fingerprint density at radius 2 is 1.97 bits per heavy atom. The maximum Gasteiger partial charge on any atom is 0.310 e. The number of ether oxygens (including phenoxy) is 1. The summed E-state index contributed by atoms with van der Waals surface area (Å²) in [6.07, 6.45) is 1.44. The number of likely N-dealkylation sites (tertiary alicyclic amines) is 1. The van der Waals surface area contributed by atoms with E-state index in [1.54, 1.807) is 31.2 Å². The van der Waals surface area contributed by atoms with Gasteiger partial charge in [0.1, 0.15) is 6.04 Å². The standard InChI is InChI=1S/C22H30N4O5/c1-2-31-22(30)16-7-6-11-25(14-16)15-20(28)26-12-10-23-21(29)18(26)13-19(27)24-17-8-4-3-5-9-17/h3-5,8-9,16,18H,2,6-7,10-15H2,1H3,(H,23,29)(H,24,27)/t16-,18+/m0/s1. The number of hydrogen-bond acceptors (Lipinski definition) is 6. The molecule has 31 heavy (non-hydrogen) atoms. The van der Waals surface area contributed by atoms with Gasteiger partial charge in [-0.2, -0.15) is 0 Å². The molecule has 0 bridgehead atoms. The number of hydrogen-bond donors (Lipinski definition) is 2. The Morgan fingerprint density at radius 1 is 1.19 bits per heavy atom. The summed E-state index contributed by atoms with van der Waals surface area (Å²) in [4.78, 5) is 53.4. The molecule has 0 radical (unpaired) electrons. The summed E-state index contributed by atoms with van der Waals surface area (Å²) < 4.78 is 5.12. The van der Waals surface area contributed by atoms with Crippen LogP contribution in [-0.4, -0.2) is 78.9 Å². The molecule has 0 aromatic heterocycles. The van der Waals surface area contributed by atoms with Crippen molar-refractivity contribution >= 4 is 29.4 Å². The average molecular weight is 431 g/mol. The number of nitrogens with one attached hydrogen (secondary N) is 2. The van der Waals surface area contributed by atoms with Crippen molar-refractivity contribution in [1.29, 1.82) is 0 Å². The quantitative estimate of drug-likeness (QED) is 0.614. The second-order valence-corrected chi connectivity index (χ2v) is 7.84. The van der Waals surface area contributed by atoms with Gasteiger partial charge in [-0.15, -0.1) is 0 Å². The summed E-state index contributed by atoms with van der Waals surface area (Å²) in [5.41, 5.74) is 0.639. The summed E-state index contributed by atoms with van der Waals surface area (Å²) >= 11 is 0. The first-order valence-corrected chi connectivity index (χ1v) is 10.8. The number of amides is 3. The van der Waals surface area contributed by atoms with Crippen molar-refractivity contribution in [1.82, 2.24) is 15.1 Å². The fraction of sp³-hybridized carbons (Fsp3) is 0.545. The molecule has 2 fully saturated rings. The Labute approximate surface area is 182 Å². The molecule has 2 aliphatic rings. The van der Waals surface area contributed by atoms with Gasteiger partial charge in [0.15, 0.2) is 0 Å². The number of carbonyl (C=O) groups is 4. The van der Waals surface area contributed by atoms with Gasteiger partial charge in [-0.25, -0.2) is 0 Å². The molecule has 0 saturated carbocycles. The predicted octanol–water partition coefficient (Wildman–Crippen LogP) is 0.617. The van der Waals surface area contributed by atoms with Crippen molar-refractivity contribution in [3.63, 3.8) is 0 Å². The minimum atomic E-state index is -0.851. The van der Waals surface area contributed by atoms with Gasteiger partial charge in [-0.3, -0.25) is 24.1 Å². The van der Waals surface area contributed by atoms with E-state index in [9.17, 15) is 19.2 Å². The average Bonchev–Trinajstić information content (AvgIpc) is 2.76. The molecule has 9 heteroatoms. The predicted molar refractivity (Wildman–Crippen MR) is 114 cm³/mol. The Kier molecular flexibility index (Phi) is 8.00. The summed E-state index contributed by atoms with van der Waals surface area (Å²) in [5, 5.41) is 5.50. The van der Waals surface area contributed by atoms with Crippen LogP contribution in [0.5, 0.6) is 0 Å². The fourth-order valence-corrected chi connectivity index (χ4v) is 4.06. The minimum absolute atomic E-state index is 0.111. The first kappa shape index (κ1) is 22.7. The van der Waals surface area contributed by atoms with Crippen molar-refractivity contribution < 1.29 is 23.9 Å². The Hall–Kier alpha value is -2.94. The molecule has 2 heterocycles. The van der Waals surface area contributed by atoms with E-state index in [0.29, 0.717) is 38.5 Å². The second-order valence-electron chi connectivity index (χ2n) is 7.84. The molecule has 0 unspecified atom stereocenters. The van der Waals surface area contributed by atoms with Crippen molar-refractivity contribution in [3.8, 4) is 0 Å². The molecule has 0 spiro atoms. The number of esters is 1. The zero-order valence-electron chi connectivity index (χ0n) is 17.8. The number of anilines is 1. The molecule has 9 nitrogen and oxygen atoms in total. The largest absolute Gasteiger partial charge is 0.466 e. The van der Waals surface area contributed by atoms with Crippen LogP contribution >= 0.6 is 0 Å². The van der Waals surface area contributed by atoms with E-state index in [1.807, 2.05) is 11.0 Å². The van der Waals surface area contributed by atoms with E-state index in [4.69, 9.17) is 4.74 Å². The number of rotatable bonds is 7. The zero-order valence-corrected chi connectivity index (χ0v) is 17.8. The van der Waals surface area contributed by atoms with Crippen LogP contribution in [0.1, 0.15) is 26.2 Å². The third-order valence-corrected chi connectivity index (χ3v) is 5.57. The summed E-state index contributed by atoms with van der Waals surface area (Å²) in [6.45, 7) is 4.10. The molecule has 2 N–H and O–H groups in total. The van der Waals surface area contributed by atoms with Crippen LogP contribution in [0.4, 0.5) is 5.69 Å². The normalized spacial score (nSPS) is 21.8. The van der Waals surface area contributed by atoms with Crippen LogP contribution in [0.2, 0.25) is 0 Å². The lowest BCUT2D eigenvalue weighted by atomic mass is 9.98. The summed E-state index contributed by atoms with van der Waals surface area (Å²) in [5.74, 6) is -1.33. The molecule has 2 atom stereocenters. The molecule has 2 aliphatic heterocycles. The Morgan fingerprint density at radius 3 is 2.71 bits per heavy atom. The first-order valence-electron chi connectivity index (χ1n) is 10.8. The molecule has 1 aromatic carbocycles. The molecule has 1 aromatic rings. The molecule has 168 valence electrons. The van der Waals surface area contributed by atoms with Crippen molar-refractivity contribution in [2.75, 3.05) is 44.6 Å². The molecule has 2 saturated heterocycles. The van der Waals surface area contributed by atoms with E-state index in [-0.39, 0.29) is 42.6 Å². The number of piperazine rings is 1. The number of carbonyl (C=O) groups excluding carboxylic acids is 4. The number of nitrogens with zero attached hydrogens (tertiary/aromatic N) is 2. The van der Waals surface area contributed by atoms with E-state index < -0.39 is 6.04 Å². The Balaban J connectivity index is 1.59. The van der Waals surface area contributed by atoms with Crippen LogP contribution in [0.3, 0.4) is 0 Å². The van der Waals surface area contributed by atoms with Gasteiger partial charge in [0.2, 0.25) is 17.7 Å². The molecular weight excluding hydrogens is 400 g/mol. The topological polar surface area (TPSA) is 108 Å². The SMILES string of the molecule is CCOC(=O)[C@H]1CCCN(CC(=O)N2CCNC(=O)[C@H]2CC(=O)Nc2ccccc2)C1. The van der Waals surface area contributed by atoms with Crippen LogP contribution in [0.15, 0.2) is 30.3 Å². The van der Waals surface area contributed by atoms with E-state index in [1.165, 1.54) is 4.90 Å². The monoisotopic (exact) mass is 430 g/mol. The van der Waals surface area contributed by atoms with Crippen molar-refractivity contribution in [3.05, 3.63) is 30.3 Å². The Bertz CT molecular complexity index is 800. The highest BCUT2D eigenvalue weighted by Gasteiger charge is 2.36. The molecule has 3 amide bonds. The van der Waals surface area contributed by atoms with Gasteiger partial charge in [-0.05, 0) is 38.4 Å². The van der Waals surface area contributed by atoms with Gasteiger partial charge >= 0.3 is 5.97 Å². The molecule has 0 aliphatic carbocycles. The highest BCUT2D eigenvalue weighted by atomic mass is 16.5. The highest BCUT2D eigenvalue weighted by molar-refractivity contribution is 5.97. The van der Waals surface area contributed by atoms with E-state index >= 15 is 0 Å². The van der Waals surface area contributed by atoms with E-state index in [2.05, 4.69) is 10.6 Å². The summed E-state index contributed by atoms with van der Waals surface area (Å²) in [7, 11) is 0. The van der Waals surface area contributed by atoms with Gasteiger partial charge in [-0.1, -0.05) is 18.2 Å². The third-order valence-electron chi connectivity index (χ3n) is 5.57. The van der Waals surface area contributed by atoms with Gasteiger partial charge in [0.05, 0.1) is 25.5 Å². The van der Waals surface area contributed by atoms with Gasteiger partial charge in [0.25, 0.3) is 0 Å². The van der Waals surface area contributed by atoms with Crippen molar-refractivity contribution in [2.24, 2.45) is 5.92 Å². The molecular formula is C22H30N4O5. The van der Waals surface area contributed by atoms with Crippen LogP contribution in [0, 0.1) is 5.92 Å². The minimum Gasteiger partial charge on any atom is -0.466 e. The van der Waals surface area contributed by atoms with Crippen LogP contribution < -0.4 is 10.6 Å². The highest BCUT2D eigenvalue weighted by Crippen LogP contribution is 2.19. The lowest BCUT2D eigenvalue weighted by molar-refractivity contribution is -0.151. The number of benzene rings is 1. The second kappa shape index (κ2) is 10.9. The fourth-order valence-electron chi connectivity index (χ4n) is 4.06. The maximum absolute atomic E-state index is 13.0. The molecule has 3 rings (SSSR count). The first-order chi connectivity index (χ1) is 15.0. The zero-order chi connectivity index (χ0) is 22.2. The van der Waals surface area contributed by atoms with Crippen LogP contribution in [0.25, 0.3) is 0 Å². The summed E-state index contributed by atoms with van der Waals surface area (Å²) in [6, 6.07) is 8.13.